The first-order chi connectivity index (χ1) is 13.2. The molecule has 0 fully saturated rings. The molecule has 27 heavy (non-hydrogen) atoms. The van der Waals surface area contributed by atoms with Gasteiger partial charge in [-0.3, -0.25) is 0 Å². The lowest BCUT2D eigenvalue weighted by Gasteiger charge is -2.11. The highest BCUT2D eigenvalue weighted by molar-refractivity contribution is 7.80. The molecule has 134 valence electrons. The fourth-order valence-corrected chi connectivity index (χ4v) is 3.37. The normalized spacial score (nSPS) is 13.6. The number of aromatic nitrogens is 1. The van der Waals surface area contributed by atoms with Crippen LogP contribution in [0.25, 0.3) is 11.3 Å². The standard InChI is InChI=1S/C22H18FN3S/c23-18-8-6-16(7-9-18)19-13-21(27)26-22(19)17-10-11-24-20(12-17)25-14-15-4-2-1-3-5-15/h1-12H,13-14H2,(H,24,25)(H,26,27). The second-order valence-electron chi connectivity index (χ2n) is 6.35. The van der Waals surface area contributed by atoms with Crippen LogP contribution in [0.1, 0.15) is 23.1 Å². The van der Waals surface area contributed by atoms with E-state index < -0.39 is 0 Å². The minimum absolute atomic E-state index is 0.245. The Labute approximate surface area is 163 Å². The summed E-state index contributed by atoms with van der Waals surface area (Å²) in [6, 6.07) is 20.7. The lowest BCUT2D eigenvalue weighted by Crippen LogP contribution is -2.12. The maximum Gasteiger partial charge on any atom is 0.126 e. The smallest absolute Gasteiger partial charge is 0.126 e. The Kier molecular flexibility index (Phi) is 4.94. The molecular weight excluding hydrogens is 357 g/mol. The molecule has 0 aliphatic carbocycles. The van der Waals surface area contributed by atoms with Gasteiger partial charge in [0, 0.05) is 24.7 Å². The van der Waals surface area contributed by atoms with Gasteiger partial charge in [0.05, 0.1) is 10.7 Å². The lowest BCUT2D eigenvalue weighted by molar-refractivity contribution is 0.627. The quantitative estimate of drug-likeness (QED) is 0.614. The van der Waals surface area contributed by atoms with Gasteiger partial charge < -0.3 is 10.6 Å². The first kappa shape index (κ1) is 17.4. The molecule has 0 spiro atoms. The lowest BCUT2D eigenvalue weighted by atomic mass is 10.00. The summed E-state index contributed by atoms with van der Waals surface area (Å²) in [6.07, 6.45) is 2.42. The van der Waals surface area contributed by atoms with Crippen molar-refractivity contribution in [1.82, 2.24) is 10.3 Å². The topological polar surface area (TPSA) is 37.0 Å². The first-order valence-electron chi connectivity index (χ1n) is 8.72. The van der Waals surface area contributed by atoms with E-state index in [1.807, 2.05) is 30.3 Å². The van der Waals surface area contributed by atoms with Crippen LogP contribution in [0.5, 0.6) is 0 Å². The maximum absolute atomic E-state index is 13.3. The molecule has 2 aromatic carbocycles. The number of halogens is 1. The number of rotatable bonds is 5. The molecule has 4 rings (SSSR count). The fraction of sp³-hybridized carbons (Fsp3) is 0.0909. The molecule has 3 aromatic rings. The molecule has 0 atom stereocenters. The Morgan fingerprint density at radius 2 is 1.78 bits per heavy atom. The van der Waals surface area contributed by atoms with Crippen LogP contribution in [0.15, 0.2) is 72.9 Å². The van der Waals surface area contributed by atoms with Crippen LogP contribution in [-0.4, -0.2) is 9.97 Å². The summed E-state index contributed by atoms with van der Waals surface area (Å²) in [5, 5.41) is 6.65. The number of nitrogens with one attached hydrogen (secondary N) is 2. The highest BCUT2D eigenvalue weighted by Gasteiger charge is 2.21. The summed E-state index contributed by atoms with van der Waals surface area (Å²) in [6.45, 7) is 0.701. The predicted octanol–water partition coefficient (Wildman–Crippen LogP) is 5.02. The summed E-state index contributed by atoms with van der Waals surface area (Å²) >= 11 is 5.39. The van der Waals surface area contributed by atoms with E-state index in [0.717, 1.165) is 33.2 Å². The third-order valence-electron chi connectivity index (χ3n) is 4.46. The number of benzene rings is 2. The Morgan fingerprint density at radius 3 is 2.56 bits per heavy atom. The van der Waals surface area contributed by atoms with Crippen molar-refractivity contribution < 1.29 is 4.39 Å². The van der Waals surface area contributed by atoms with Crippen LogP contribution >= 0.6 is 12.2 Å². The van der Waals surface area contributed by atoms with Crippen molar-refractivity contribution in [1.29, 1.82) is 0 Å². The third kappa shape index (κ3) is 4.04. The van der Waals surface area contributed by atoms with Crippen molar-refractivity contribution in [3.05, 3.63) is 95.4 Å². The van der Waals surface area contributed by atoms with Gasteiger partial charge in [0.2, 0.25) is 0 Å². The van der Waals surface area contributed by atoms with Gasteiger partial charge in [-0.15, -0.1) is 0 Å². The maximum atomic E-state index is 13.3. The monoisotopic (exact) mass is 375 g/mol. The molecule has 2 N–H and O–H groups in total. The van der Waals surface area contributed by atoms with Gasteiger partial charge in [-0.05, 0) is 41.0 Å². The van der Waals surface area contributed by atoms with Crippen molar-refractivity contribution in [2.24, 2.45) is 0 Å². The molecule has 0 saturated carbocycles. The predicted molar refractivity (Wildman–Crippen MR) is 112 cm³/mol. The zero-order valence-electron chi connectivity index (χ0n) is 14.6. The molecular formula is C22H18FN3S. The molecule has 0 amide bonds. The molecule has 0 bridgehead atoms. The molecule has 2 heterocycles. The number of pyridine rings is 1. The van der Waals surface area contributed by atoms with E-state index in [0.29, 0.717) is 13.0 Å². The summed E-state index contributed by atoms with van der Waals surface area (Å²) < 4.78 is 13.3. The van der Waals surface area contributed by atoms with Gasteiger partial charge in [-0.1, -0.05) is 54.7 Å². The van der Waals surface area contributed by atoms with Gasteiger partial charge in [0.25, 0.3) is 0 Å². The van der Waals surface area contributed by atoms with Crippen LogP contribution in [-0.2, 0) is 6.54 Å². The van der Waals surface area contributed by atoms with Crippen molar-refractivity contribution in [2.45, 2.75) is 13.0 Å². The number of nitrogens with zero attached hydrogens (tertiary/aromatic N) is 1. The fourth-order valence-electron chi connectivity index (χ4n) is 3.12. The minimum Gasteiger partial charge on any atom is -0.366 e. The molecule has 1 aliphatic heterocycles. The molecule has 3 nitrogen and oxygen atoms in total. The Balaban J connectivity index is 1.62. The Morgan fingerprint density at radius 1 is 1.00 bits per heavy atom. The second kappa shape index (κ2) is 7.68. The summed E-state index contributed by atoms with van der Waals surface area (Å²) in [5.41, 5.74) is 5.18. The Hall–Kier alpha value is -3.05. The van der Waals surface area contributed by atoms with E-state index in [1.165, 1.54) is 17.7 Å². The SMILES string of the molecule is Fc1ccc(C2=C(c3ccnc(NCc4ccccc4)c3)NC(=S)C2)cc1. The van der Waals surface area contributed by atoms with Crippen molar-refractivity contribution in [3.63, 3.8) is 0 Å². The molecule has 1 aromatic heterocycles. The van der Waals surface area contributed by atoms with Crippen molar-refractivity contribution in [3.8, 4) is 0 Å². The van der Waals surface area contributed by atoms with Crippen molar-refractivity contribution in [2.75, 3.05) is 5.32 Å². The summed E-state index contributed by atoms with van der Waals surface area (Å²) in [5.74, 6) is 0.549. The van der Waals surface area contributed by atoms with Gasteiger partial charge in [0.15, 0.2) is 0 Å². The van der Waals surface area contributed by atoms with Gasteiger partial charge >= 0.3 is 0 Å². The zero-order chi connectivity index (χ0) is 18.6. The number of anilines is 1. The molecule has 0 unspecified atom stereocenters. The van der Waals surface area contributed by atoms with Crippen LogP contribution in [0.3, 0.4) is 0 Å². The van der Waals surface area contributed by atoms with Gasteiger partial charge in [-0.25, -0.2) is 9.37 Å². The molecule has 5 heteroatoms. The van der Waals surface area contributed by atoms with E-state index >= 15 is 0 Å². The van der Waals surface area contributed by atoms with Crippen LogP contribution in [0.2, 0.25) is 0 Å². The average molecular weight is 375 g/mol. The van der Waals surface area contributed by atoms with Crippen LogP contribution in [0.4, 0.5) is 10.2 Å². The van der Waals surface area contributed by atoms with E-state index in [9.17, 15) is 4.39 Å². The van der Waals surface area contributed by atoms with E-state index in [-0.39, 0.29) is 5.82 Å². The van der Waals surface area contributed by atoms with E-state index in [1.54, 1.807) is 18.3 Å². The van der Waals surface area contributed by atoms with Gasteiger partial charge in [0.1, 0.15) is 11.6 Å². The third-order valence-corrected chi connectivity index (χ3v) is 4.71. The largest absolute Gasteiger partial charge is 0.366 e. The van der Waals surface area contributed by atoms with E-state index in [4.69, 9.17) is 12.2 Å². The first-order valence-corrected chi connectivity index (χ1v) is 9.13. The zero-order valence-corrected chi connectivity index (χ0v) is 15.4. The number of thiocarbonyl (C=S) groups is 1. The van der Waals surface area contributed by atoms with Crippen LogP contribution < -0.4 is 10.6 Å². The summed E-state index contributed by atoms with van der Waals surface area (Å²) in [4.78, 5) is 5.17. The van der Waals surface area contributed by atoms with Crippen molar-refractivity contribution >= 4 is 34.3 Å². The van der Waals surface area contributed by atoms with Gasteiger partial charge in [-0.2, -0.15) is 0 Å². The van der Waals surface area contributed by atoms with Crippen LogP contribution in [0, 0.1) is 5.82 Å². The highest BCUT2D eigenvalue weighted by Crippen LogP contribution is 2.33. The second-order valence-corrected chi connectivity index (χ2v) is 6.85. The highest BCUT2D eigenvalue weighted by atomic mass is 32.1. The number of hydrogen-bond donors (Lipinski definition) is 2. The minimum atomic E-state index is -0.245. The molecule has 0 saturated heterocycles. The molecule has 1 aliphatic rings. The number of hydrogen-bond acceptors (Lipinski definition) is 3. The molecule has 0 radical (unpaired) electrons. The van der Waals surface area contributed by atoms with E-state index in [2.05, 4.69) is 27.8 Å². The Bertz CT molecular complexity index is 998. The summed E-state index contributed by atoms with van der Waals surface area (Å²) in [7, 11) is 0. The average Bonchev–Trinajstić information content (AvgIpc) is 3.10.